The van der Waals surface area contributed by atoms with E-state index in [1.54, 1.807) is 12.1 Å². The highest BCUT2D eigenvalue weighted by Gasteiger charge is 2.14. The van der Waals surface area contributed by atoms with E-state index >= 15 is 0 Å². The molecule has 0 spiro atoms. The first kappa shape index (κ1) is 14.9. The van der Waals surface area contributed by atoms with Gasteiger partial charge in [-0.3, -0.25) is 9.69 Å². The molecule has 0 aromatic heterocycles. The van der Waals surface area contributed by atoms with Gasteiger partial charge in [0, 0.05) is 31.9 Å². The van der Waals surface area contributed by atoms with Crippen LogP contribution in [-0.4, -0.2) is 51.9 Å². The molecule has 0 saturated carbocycles. The standard InChI is InChI=1S/C12H18N4O3S/c13-20(18,19)11-3-1-2-10(8-11)15-12(17)9-16-6-4-14-5-7-16/h1-3,8,14H,4-7,9H2,(H,15,17)(H2,13,18,19). The first-order chi connectivity index (χ1) is 9.45. The third-order valence-corrected chi connectivity index (χ3v) is 3.93. The number of carbonyl (C=O) groups excluding carboxylic acids is 1. The van der Waals surface area contributed by atoms with E-state index in [0.29, 0.717) is 12.2 Å². The largest absolute Gasteiger partial charge is 0.325 e. The monoisotopic (exact) mass is 298 g/mol. The van der Waals surface area contributed by atoms with E-state index in [2.05, 4.69) is 10.6 Å². The number of rotatable bonds is 4. The number of sulfonamides is 1. The summed E-state index contributed by atoms with van der Waals surface area (Å²) in [5.74, 6) is -0.168. The number of carbonyl (C=O) groups is 1. The molecule has 0 atom stereocenters. The van der Waals surface area contributed by atoms with E-state index in [-0.39, 0.29) is 10.8 Å². The summed E-state index contributed by atoms with van der Waals surface area (Å²) in [6, 6.07) is 5.91. The quantitative estimate of drug-likeness (QED) is 0.673. The maximum absolute atomic E-state index is 11.9. The van der Waals surface area contributed by atoms with Crippen LogP contribution in [0.4, 0.5) is 5.69 Å². The number of benzene rings is 1. The average Bonchev–Trinajstić information content (AvgIpc) is 2.39. The Balaban J connectivity index is 1.97. The zero-order chi connectivity index (χ0) is 14.6. The van der Waals surface area contributed by atoms with Crippen molar-refractivity contribution in [3.63, 3.8) is 0 Å². The molecule has 1 aliphatic heterocycles. The minimum atomic E-state index is -3.76. The molecule has 1 aliphatic rings. The molecule has 0 bridgehead atoms. The van der Waals surface area contributed by atoms with Gasteiger partial charge in [-0.15, -0.1) is 0 Å². The molecule has 1 saturated heterocycles. The van der Waals surface area contributed by atoms with E-state index in [9.17, 15) is 13.2 Å². The fourth-order valence-corrected chi connectivity index (χ4v) is 2.58. The smallest absolute Gasteiger partial charge is 0.238 e. The predicted molar refractivity (Wildman–Crippen MR) is 75.8 cm³/mol. The van der Waals surface area contributed by atoms with Crippen LogP contribution in [0.3, 0.4) is 0 Å². The second kappa shape index (κ2) is 6.31. The molecule has 20 heavy (non-hydrogen) atoms. The Labute approximate surface area is 118 Å². The van der Waals surface area contributed by atoms with Crippen LogP contribution in [0.2, 0.25) is 0 Å². The number of nitrogens with one attached hydrogen (secondary N) is 2. The highest BCUT2D eigenvalue weighted by Crippen LogP contribution is 2.14. The molecule has 1 amide bonds. The van der Waals surface area contributed by atoms with Gasteiger partial charge in [0.2, 0.25) is 15.9 Å². The van der Waals surface area contributed by atoms with Crippen molar-refractivity contribution < 1.29 is 13.2 Å². The van der Waals surface area contributed by atoms with Gasteiger partial charge < -0.3 is 10.6 Å². The number of amides is 1. The van der Waals surface area contributed by atoms with Gasteiger partial charge in [-0.05, 0) is 18.2 Å². The minimum absolute atomic E-state index is 0.0162. The number of anilines is 1. The summed E-state index contributed by atoms with van der Waals surface area (Å²) in [5, 5.41) is 10.9. The molecule has 0 aliphatic carbocycles. The fraction of sp³-hybridized carbons (Fsp3) is 0.417. The van der Waals surface area contributed by atoms with Crippen molar-refractivity contribution in [2.24, 2.45) is 5.14 Å². The normalized spacial score (nSPS) is 16.9. The molecule has 2 rings (SSSR count). The SMILES string of the molecule is NS(=O)(=O)c1cccc(NC(=O)CN2CCNCC2)c1. The second-order valence-electron chi connectivity index (χ2n) is 4.65. The Kier molecular flexibility index (Phi) is 4.71. The van der Waals surface area contributed by atoms with E-state index < -0.39 is 10.0 Å². The number of primary sulfonamides is 1. The lowest BCUT2D eigenvalue weighted by Crippen LogP contribution is -2.46. The average molecular weight is 298 g/mol. The zero-order valence-electron chi connectivity index (χ0n) is 11.0. The highest BCUT2D eigenvalue weighted by molar-refractivity contribution is 7.89. The van der Waals surface area contributed by atoms with Crippen molar-refractivity contribution in [2.75, 3.05) is 38.0 Å². The van der Waals surface area contributed by atoms with Crippen LogP contribution in [0, 0.1) is 0 Å². The van der Waals surface area contributed by atoms with Gasteiger partial charge in [0.05, 0.1) is 11.4 Å². The van der Waals surface area contributed by atoms with Crippen LogP contribution in [0.5, 0.6) is 0 Å². The van der Waals surface area contributed by atoms with Crippen molar-refractivity contribution in [3.05, 3.63) is 24.3 Å². The summed E-state index contributed by atoms with van der Waals surface area (Å²) in [7, 11) is -3.76. The third-order valence-electron chi connectivity index (χ3n) is 3.02. The lowest BCUT2D eigenvalue weighted by Gasteiger charge is -2.26. The first-order valence-electron chi connectivity index (χ1n) is 6.31. The van der Waals surface area contributed by atoms with E-state index in [4.69, 9.17) is 5.14 Å². The zero-order valence-corrected chi connectivity index (χ0v) is 11.8. The summed E-state index contributed by atoms with van der Waals surface area (Å²) >= 11 is 0. The van der Waals surface area contributed by atoms with Crippen LogP contribution in [0.25, 0.3) is 0 Å². The topological polar surface area (TPSA) is 105 Å². The lowest BCUT2D eigenvalue weighted by atomic mass is 10.3. The molecular weight excluding hydrogens is 280 g/mol. The number of nitrogens with two attached hydrogens (primary N) is 1. The first-order valence-corrected chi connectivity index (χ1v) is 7.85. The van der Waals surface area contributed by atoms with Gasteiger partial charge in [0.15, 0.2) is 0 Å². The third kappa shape index (κ3) is 4.27. The summed E-state index contributed by atoms with van der Waals surface area (Å²) in [5.41, 5.74) is 0.427. The van der Waals surface area contributed by atoms with Crippen molar-refractivity contribution in [2.45, 2.75) is 4.90 Å². The molecule has 8 heteroatoms. The Bertz CT molecular complexity index is 582. The van der Waals surface area contributed by atoms with Gasteiger partial charge in [-0.2, -0.15) is 0 Å². The molecule has 1 fully saturated rings. The lowest BCUT2D eigenvalue weighted by molar-refractivity contribution is -0.117. The van der Waals surface area contributed by atoms with Crippen molar-refractivity contribution in [1.29, 1.82) is 0 Å². The van der Waals surface area contributed by atoms with E-state index in [0.717, 1.165) is 26.2 Å². The molecule has 7 nitrogen and oxygen atoms in total. The van der Waals surface area contributed by atoms with Crippen LogP contribution in [0.1, 0.15) is 0 Å². The Morgan fingerprint density at radius 2 is 2.05 bits per heavy atom. The van der Waals surface area contributed by atoms with E-state index in [1.165, 1.54) is 12.1 Å². The molecule has 110 valence electrons. The fourth-order valence-electron chi connectivity index (χ4n) is 2.02. The Hall–Kier alpha value is -1.48. The van der Waals surface area contributed by atoms with Gasteiger partial charge in [-0.1, -0.05) is 6.07 Å². The Morgan fingerprint density at radius 1 is 1.35 bits per heavy atom. The van der Waals surface area contributed by atoms with Gasteiger partial charge in [0.1, 0.15) is 0 Å². The molecular formula is C12H18N4O3S. The summed E-state index contributed by atoms with van der Waals surface area (Å²) in [4.78, 5) is 13.9. The summed E-state index contributed by atoms with van der Waals surface area (Å²) in [6.45, 7) is 3.68. The van der Waals surface area contributed by atoms with Gasteiger partial charge >= 0.3 is 0 Å². The van der Waals surface area contributed by atoms with E-state index in [1.807, 2.05) is 4.90 Å². The molecule has 1 aromatic rings. The molecule has 1 aromatic carbocycles. The van der Waals surface area contributed by atoms with Gasteiger partial charge in [-0.25, -0.2) is 13.6 Å². The van der Waals surface area contributed by atoms with Gasteiger partial charge in [0.25, 0.3) is 0 Å². The molecule has 1 heterocycles. The maximum Gasteiger partial charge on any atom is 0.238 e. The van der Waals surface area contributed by atoms with Crippen molar-refractivity contribution in [1.82, 2.24) is 10.2 Å². The predicted octanol–water partition coefficient (Wildman–Crippen LogP) is -0.822. The Morgan fingerprint density at radius 3 is 2.70 bits per heavy atom. The number of hydrogen-bond acceptors (Lipinski definition) is 5. The van der Waals surface area contributed by atoms with Crippen LogP contribution in [0.15, 0.2) is 29.2 Å². The summed E-state index contributed by atoms with van der Waals surface area (Å²) < 4.78 is 22.5. The molecule has 0 unspecified atom stereocenters. The maximum atomic E-state index is 11.9. The molecule has 0 radical (unpaired) electrons. The second-order valence-corrected chi connectivity index (χ2v) is 6.21. The highest BCUT2D eigenvalue weighted by atomic mass is 32.2. The van der Waals surface area contributed by atoms with Crippen LogP contribution < -0.4 is 15.8 Å². The summed E-state index contributed by atoms with van der Waals surface area (Å²) in [6.07, 6.45) is 0. The number of nitrogens with zero attached hydrogens (tertiary/aromatic N) is 1. The number of piperazine rings is 1. The molecule has 4 N–H and O–H groups in total. The van der Waals surface area contributed by atoms with Crippen LogP contribution in [-0.2, 0) is 14.8 Å². The number of hydrogen-bond donors (Lipinski definition) is 3. The minimum Gasteiger partial charge on any atom is -0.325 e. The van der Waals surface area contributed by atoms with Crippen molar-refractivity contribution in [3.8, 4) is 0 Å². The van der Waals surface area contributed by atoms with Crippen molar-refractivity contribution >= 4 is 21.6 Å². The van der Waals surface area contributed by atoms with Crippen LogP contribution >= 0.6 is 0 Å².